The van der Waals surface area contributed by atoms with E-state index in [1.807, 2.05) is 24.3 Å². The molecule has 0 radical (unpaired) electrons. The molecule has 3 nitrogen and oxygen atoms in total. The highest BCUT2D eigenvalue weighted by molar-refractivity contribution is 6.30. The molecule has 0 saturated heterocycles. The fourth-order valence-electron chi connectivity index (χ4n) is 2.96. The van der Waals surface area contributed by atoms with Gasteiger partial charge in [0.1, 0.15) is 0 Å². The number of benzene rings is 1. The fourth-order valence-corrected chi connectivity index (χ4v) is 3.08. The molecule has 1 amide bonds. The van der Waals surface area contributed by atoms with Crippen molar-refractivity contribution in [1.82, 2.24) is 5.32 Å². The van der Waals surface area contributed by atoms with E-state index in [0.29, 0.717) is 10.9 Å². The highest BCUT2D eigenvalue weighted by Crippen LogP contribution is 2.27. The van der Waals surface area contributed by atoms with Crippen LogP contribution in [0.3, 0.4) is 0 Å². The van der Waals surface area contributed by atoms with E-state index in [1.165, 1.54) is 0 Å². The monoisotopic (exact) mass is 308 g/mol. The molecule has 1 aromatic rings. The Morgan fingerprint density at radius 2 is 1.76 bits per heavy atom. The first-order valence-electron chi connectivity index (χ1n) is 7.78. The third-order valence-electron chi connectivity index (χ3n) is 4.34. The minimum atomic E-state index is 0.0327. The first-order valence-corrected chi connectivity index (χ1v) is 8.16. The van der Waals surface area contributed by atoms with Crippen LogP contribution >= 0.6 is 11.6 Å². The van der Waals surface area contributed by atoms with Crippen molar-refractivity contribution in [2.24, 2.45) is 17.6 Å². The Labute approximate surface area is 132 Å². The van der Waals surface area contributed by atoms with Gasteiger partial charge in [-0.2, -0.15) is 0 Å². The Hall–Kier alpha value is -1.06. The summed E-state index contributed by atoms with van der Waals surface area (Å²) in [5.41, 5.74) is 7.01. The Morgan fingerprint density at radius 1 is 1.19 bits per heavy atom. The van der Waals surface area contributed by atoms with Gasteiger partial charge in [-0.15, -0.1) is 0 Å². The molecule has 1 fully saturated rings. The number of hydrogen-bond donors (Lipinski definition) is 2. The molecule has 4 heteroatoms. The second kappa shape index (κ2) is 7.28. The molecule has 0 aromatic heterocycles. The minimum absolute atomic E-state index is 0.0327. The highest BCUT2D eigenvalue weighted by Gasteiger charge is 2.27. The summed E-state index contributed by atoms with van der Waals surface area (Å²) in [4.78, 5) is 12.5. The number of nitrogens with two attached hydrogens (primary N) is 1. The number of amides is 1. The Balaban J connectivity index is 2.02. The smallest absolute Gasteiger partial charge is 0.223 e. The third-order valence-corrected chi connectivity index (χ3v) is 4.59. The second-order valence-corrected chi connectivity index (χ2v) is 6.83. The zero-order chi connectivity index (χ0) is 15.4. The van der Waals surface area contributed by atoms with Crippen molar-refractivity contribution in [3.05, 3.63) is 34.9 Å². The maximum Gasteiger partial charge on any atom is 0.223 e. The molecule has 1 aromatic carbocycles. The summed E-state index contributed by atoms with van der Waals surface area (Å²) in [6.45, 7) is 4.24. The molecule has 21 heavy (non-hydrogen) atoms. The number of carbonyl (C=O) groups is 1. The van der Waals surface area contributed by atoms with E-state index in [2.05, 4.69) is 19.2 Å². The van der Waals surface area contributed by atoms with Gasteiger partial charge in [0.05, 0.1) is 6.04 Å². The zero-order valence-electron chi connectivity index (χ0n) is 12.8. The maximum absolute atomic E-state index is 12.5. The molecule has 1 saturated carbocycles. The molecule has 3 N–H and O–H groups in total. The van der Waals surface area contributed by atoms with Crippen LogP contribution in [0.1, 0.15) is 51.1 Å². The average molecular weight is 309 g/mol. The molecular weight excluding hydrogens is 284 g/mol. The third kappa shape index (κ3) is 4.45. The van der Waals surface area contributed by atoms with E-state index in [1.54, 1.807) is 0 Å². The molecule has 1 aliphatic rings. The predicted octanol–water partition coefficient (Wildman–Crippen LogP) is 3.67. The number of hydrogen-bond acceptors (Lipinski definition) is 2. The van der Waals surface area contributed by atoms with Crippen LogP contribution in [0.15, 0.2) is 24.3 Å². The van der Waals surface area contributed by atoms with Crippen LogP contribution in [0.2, 0.25) is 5.02 Å². The summed E-state index contributed by atoms with van der Waals surface area (Å²) in [7, 11) is 0. The van der Waals surface area contributed by atoms with E-state index in [0.717, 1.165) is 31.2 Å². The number of nitrogens with one attached hydrogen (secondary N) is 1. The van der Waals surface area contributed by atoms with Crippen LogP contribution in [0.25, 0.3) is 0 Å². The van der Waals surface area contributed by atoms with Crippen molar-refractivity contribution in [1.29, 1.82) is 0 Å². The Bertz CT molecular complexity index is 464. The van der Waals surface area contributed by atoms with Crippen LogP contribution in [-0.2, 0) is 4.79 Å². The van der Waals surface area contributed by atoms with Gasteiger partial charge in [0.15, 0.2) is 0 Å². The molecule has 1 unspecified atom stereocenters. The molecule has 116 valence electrons. The van der Waals surface area contributed by atoms with Crippen LogP contribution in [0.5, 0.6) is 0 Å². The van der Waals surface area contributed by atoms with Gasteiger partial charge in [-0.05, 0) is 49.3 Å². The van der Waals surface area contributed by atoms with Gasteiger partial charge in [-0.25, -0.2) is 0 Å². The molecule has 1 aliphatic carbocycles. The Morgan fingerprint density at radius 3 is 2.29 bits per heavy atom. The van der Waals surface area contributed by atoms with E-state index in [4.69, 9.17) is 17.3 Å². The average Bonchev–Trinajstić information content (AvgIpc) is 2.46. The summed E-state index contributed by atoms with van der Waals surface area (Å²) in [6.07, 6.45) is 3.70. The van der Waals surface area contributed by atoms with Crippen LogP contribution in [0, 0.1) is 11.8 Å². The SMILES string of the molecule is CC(C)C(NC(=O)C1CCC(N)CC1)c1ccc(Cl)cc1. The van der Waals surface area contributed by atoms with Crippen molar-refractivity contribution in [2.75, 3.05) is 0 Å². The van der Waals surface area contributed by atoms with E-state index < -0.39 is 0 Å². The predicted molar refractivity (Wildman–Crippen MR) is 87.1 cm³/mol. The molecule has 0 aliphatic heterocycles. The molecule has 1 atom stereocenters. The Kier molecular flexibility index (Phi) is 5.65. The largest absolute Gasteiger partial charge is 0.349 e. The lowest BCUT2D eigenvalue weighted by Gasteiger charge is -2.29. The van der Waals surface area contributed by atoms with Gasteiger partial charge in [-0.3, -0.25) is 4.79 Å². The normalized spacial score (nSPS) is 23.9. The molecular formula is C17H25ClN2O. The van der Waals surface area contributed by atoms with Gasteiger partial charge in [-0.1, -0.05) is 37.6 Å². The molecule has 0 bridgehead atoms. The number of carbonyl (C=O) groups excluding carboxylic acids is 1. The number of rotatable bonds is 4. The molecule has 0 spiro atoms. The summed E-state index contributed by atoms with van der Waals surface area (Å²) in [5.74, 6) is 0.606. The van der Waals surface area contributed by atoms with E-state index in [-0.39, 0.29) is 23.9 Å². The zero-order valence-corrected chi connectivity index (χ0v) is 13.6. The van der Waals surface area contributed by atoms with E-state index >= 15 is 0 Å². The quantitative estimate of drug-likeness (QED) is 0.891. The van der Waals surface area contributed by atoms with Crippen LogP contribution in [0.4, 0.5) is 0 Å². The van der Waals surface area contributed by atoms with Crippen molar-refractivity contribution in [3.8, 4) is 0 Å². The van der Waals surface area contributed by atoms with Gasteiger partial charge < -0.3 is 11.1 Å². The van der Waals surface area contributed by atoms with Gasteiger partial charge in [0, 0.05) is 17.0 Å². The topological polar surface area (TPSA) is 55.1 Å². The van der Waals surface area contributed by atoms with Crippen molar-refractivity contribution < 1.29 is 4.79 Å². The van der Waals surface area contributed by atoms with Crippen molar-refractivity contribution in [2.45, 2.75) is 51.6 Å². The molecule has 2 rings (SSSR count). The summed E-state index contributed by atoms with van der Waals surface area (Å²) in [5, 5.41) is 3.93. The summed E-state index contributed by atoms with van der Waals surface area (Å²) < 4.78 is 0. The fraction of sp³-hybridized carbons (Fsp3) is 0.588. The van der Waals surface area contributed by atoms with Crippen molar-refractivity contribution >= 4 is 17.5 Å². The van der Waals surface area contributed by atoms with Gasteiger partial charge in [0.2, 0.25) is 5.91 Å². The summed E-state index contributed by atoms with van der Waals surface area (Å²) in [6, 6.07) is 8.03. The van der Waals surface area contributed by atoms with Gasteiger partial charge in [0.25, 0.3) is 0 Å². The first-order chi connectivity index (χ1) is 9.97. The lowest BCUT2D eigenvalue weighted by Crippen LogP contribution is -2.39. The van der Waals surface area contributed by atoms with Crippen molar-refractivity contribution in [3.63, 3.8) is 0 Å². The summed E-state index contributed by atoms with van der Waals surface area (Å²) >= 11 is 5.94. The second-order valence-electron chi connectivity index (χ2n) is 6.39. The number of halogens is 1. The minimum Gasteiger partial charge on any atom is -0.349 e. The van der Waals surface area contributed by atoms with Crippen LogP contribution < -0.4 is 11.1 Å². The lowest BCUT2D eigenvalue weighted by atomic mass is 9.85. The van der Waals surface area contributed by atoms with Crippen LogP contribution in [-0.4, -0.2) is 11.9 Å². The van der Waals surface area contributed by atoms with Gasteiger partial charge >= 0.3 is 0 Å². The molecule has 0 heterocycles. The van der Waals surface area contributed by atoms with E-state index in [9.17, 15) is 4.79 Å². The lowest BCUT2D eigenvalue weighted by molar-refractivity contribution is -0.127. The highest BCUT2D eigenvalue weighted by atomic mass is 35.5. The standard InChI is InChI=1S/C17H25ClN2O/c1-11(2)16(12-3-7-14(18)8-4-12)20-17(21)13-5-9-15(19)10-6-13/h3-4,7-8,11,13,15-16H,5-6,9-10,19H2,1-2H3,(H,20,21). The maximum atomic E-state index is 12.5. The first kappa shape index (κ1) is 16.3.